The molecule has 0 radical (unpaired) electrons. The van der Waals surface area contributed by atoms with E-state index in [0.717, 1.165) is 0 Å². The number of rotatable bonds is 4. The van der Waals surface area contributed by atoms with Gasteiger partial charge in [0.2, 0.25) is 5.91 Å². The maximum absolute atomic E-state index is 13.9. The lowest BCUT2D eigenvalue weighted by molar-refractivity contribution is -0.116. The highest BCUT2D eigenvalue weighted by Crippen LogP contribution is 2.17. The molecule has 100 valence electrons. The van der Waals surface area contributed by atoms with Crippen molar-refractivity contribution in [1.82, 2.24) is 20.2 Å². The molecular formula is C12H14FN5O. The number of aromatic nitrogens is 4. The van der Waals surface area contributed by atoms with E-state index in [1.54, 1.807) is 6.07 Å². The molecule has 19 heavy (non-hydrogen) atoms. The van der Waals surface area contributed by atoms with Crippen LogP contribution in [0, 0.1) is 11.7 Å². The summed E-state index contributed by atoms with van der Waals surface area (Å²) in [5.74, 6) is -0.385. The van der Waals surface area contributed by atoms with Gasteiger partial charge < -0.3 is 5.32 Å². The molecular weight excluding hydrogens is 249 g/mol. The van der Waals surface area contributed by atoms with E-state index in [1.807, 2.05) is 13.8 Å². The quantitative estimate of drug-likeness (QED) is 0.912. The minimum Gasteiger partial charge on any atom is -0.326 e. The summed E-state index contributed by atoms with van der Waals surface area (Å²) >= 11 is 0. The van der Waals surface area contributed by atoms with Gasteiger partial charge in [0.1, 0.15) is 12.0 Å². The monoisotopic (exact) mass is 263 g/mol. The fraction of sp³-hybridized carbons (Fsp3) is 0.333. The first-order valence-corrected chi connectivity index (χ1v) is 5.89. The van der Waals surface area contributed by atoms with Gasteiger partial charge in [0.25, 0.3) is 0 Å². The van der Waals surface area contributed by atoms with Gasteiger partial charge in [-0.05, 0) is 34.5 Å². The number of hydrogen-bond donors (Lipinski definition) is 1. The van der Waals surface area contributed by atoms with E-state index >= 15 is 0 Å². The minimum atomic E-state index is -0.505. The lowest BCUT2D eigenvalue weighted by Crippen LogP contribution is -2.14. The Morgan fingerprint density at radius 2 is 2.26 bits per heavy atom. The van der Waals surface area contributed by atoms with Gasteiger partial charge in [0.05, 0.1) is 0 Å². The van der Waals surface area contributed by atoms with Crippen molar-refractivity contribution in [3.63, 3.8) is 0 Å². The zero-order valence-corrected chi connectivity index (χ0v) is 10.7. The third-order valence-corrected chi connectivity index (χ3v) is 2.42. The SMILES string of the molecule is CC(C)CC(=O)Nc1ccc(-n2cnnn2)c(F)c1. The first kappa shape index (κ1) is 13.1. The number of halogens is 1. The molecule has 0 aliphatic heterocycles. The molecule has 2 aromatic rings. The van der Waals surface area contributed by atoms with Crippen LogP contribution in [0.25, 0.3) is 5.69 Å². The van der Waals surface area contributed by atoms with Gasteiger partial charge in [0, 0.05) is 12.1 Å². The predicted octanol–water partition coefficient (Wildman–Crippen LogP) is 1.79. The van der Waals surface area contributed by atoms with E-state index in [2.05, 4.69) is 20.8 Å². The first-order valence-electron chi connectivity index (χ1n) is 5.89. The van der Waals surface area contributed by atoms with Gasteiger partial charge in [-0.3, -0.25) is 4.79 Å². The highest BCUT2D eigenvalue weighted by Gasteiger charge is 2.09. The summed E-state index contributed by atoms with van der Waals surface area (Å²) in [6.45, 7) is 3.89. The normalized spacial score (nSPS) is 10.7. The molecule has 2 rings (SSSR count). The van der Waals surface area contributed by atoms with Crippen LogP contribution in [0.4, 0.5) is 10.1 Å². The molecule has 1 aromatic heterocycles. The number of carbonyl (C=O) groups excluding carboxylic acids is 1. The molecule has 1 amide bonds. The molecule has 0 saturated heterocycles. The molecule has 0 fully saturated rings. The molecule has 0 bridgehead atoms. The van der Waals surface area contributed by atoms with Crippen molar-refractivity contribution < 1.29 is 9.18 Å². The molecule has 0 spiro atoms. The zero-order chi connectivity index (χ0) is 13.8. The maximum atomic E-state index is 13.9. The van der Waals surface area contributed by atoms with Crippen LogP contribution in [0.15, 0.2) is 24.5 Å². The van der Waals surface area contributed by atoms with Crippen molar-refractivity contribution in [2.45, 2.75) is 20.3 Å². The Morgan fingerprint density at radius 1 is 1.47 bits per heavy atom. The Bertz CT molecular complexity index is 568. The Balaban J connectivity index is 2.13. The van der Waals surface area contributed by atoms with Gasteiger partial charge >= 0.3 is 0 Å². The van der Waals surface area contributed by atoms with Crippen LogP contribution in [0.2, 0.25) is 0 Å². The number of hydrogen-bond acceptors (Lipinski definition) is 4. The Labute approximate surface area is 109 Å². The topological polar surface area (TPSA) is 72.7 Å². The number of nitrogens with zero attached hydrogens (tertiary/aromatic N) is 4. The van der Waals surface area contributed by atoms with Crippen molar-refractivity contribution in [2.24, 2.45) is 5.92 Å². The molecule has 6 nitrogen and oxygen atoms in total. The highest BCUT2D eigenvalue weighted by atomic mass is 19.1. The second kappa shape index (κ2) is 5.55. The van der Waals surface area contributed by atoms with E-state index in [0.29, 0.717) is 12.1 Å². The Hall–Kier alpha value is -2.31. The van der Waals surface area contributed by atoms with Gasteiger partial charge in [-0.2, -0.15) is 4.68 Å². The van der Waals surface area contributed by atoms with E-state index in [1.165, 1.54) is 23.1 Å². The average Bonchev–Trinajstić information content (AvgIpc) is 2.81. The summed E-state index contributed by atoms with van der Waals surface area (Å²) in [6, 6.07) is 4.37. The van der Waals surface area contributed by atoms with Crippen LogP contribution in [0.1, 0.15) is 20.3 Å². The van der Waals surface area contributed by atoms with Crippen LogP contribution in [-0.2, 0) is 4.79 Å². The maximum Gasteiger partial charge on any atom is 0.224 e. The molecule has 1 heterocycles. The fourth-order valence-electron chi connectivity index (χ4n) is 1.62. The average molecular weight is 263 g/mol. The number of anilines is 1. The molecule has 1 N–H and O–H groups in total. The lowest BCUT2D eigenvalue weighted by atomic mass is 10.1. The van der Waals surface area contributed by atoms with Gasteiger partial charge in [-0.25, -0.2) is 4.39 Å². The second-order valence-electron chi connectivity index (χ2n) is 4.57. The zero-order valence-electron chi connectivity index (χ0n) is 10.7. The standard InChI is InChI=1S/C12H14FN5O/c1-8(2)5-12(19)15-9-3-4-11(10(13)6-9)18-7-14-16-17-18/h3-4,6-8H,5H2,1-2H3,(H,15,19). The van der Waals surface area contributed by atoms with Crippen LogP contribution in [-0.4, -0.2) is 26.1 Å². The van der Waals surface area contributed by atoms with E-state index in [9.17, 15) is 9.18 Å². The van der Waals surface area contributed by atoms with Gasteiger partial charge in [0.15, 0.2) is 5.82 Å². The number of benzene rings is 1. The minimum absolute atomic E-state index is 0.135. The summed E-state index contributed by atoms with van der Waals surface area (Å²) in [5, 5.41) is 13.1. The molecule has 0 unspecified atom stereocenters. The number of carbonyl (C=O) groups is 1. The van der Waals surface area contributed by atoms with Gasteiger partial charge in [-0.1, -0.05) is 13.8 Å². The van der Waals surface area contributed by atoms with Crippen molar-refractivity contribution >= 4 is 11.6 Å². The third-order valence-electron chi connectivity index (χ3n) is 2.42. The third kappa shape index (κ3) is 3.34. The summed E-state index contributed by atoms with van der Waals surface area (Å²) in [4.78, 5) is 11.6. The molecule has 7 heteroatoms. The van der Waals surface area contributed by atoms with Crippen molar-refractivity contribution in [1.29, 1.82) is 0 Å². The second-order valence-corrected chi connectivity index (χ2v) is 4.57. The van der Waals surface area contributed by atoms with Crippen LogP contribution >= 0.6 is 0 Å². The highest BCUT2D eigenvalue weighted by molar-refractivity contribution is 5.90. The van der Waals surface area contributed by atoms with E-state index in [-0.39, 0.29) is 17.5 Å². The number of nitrogens with one attached hydrogen (secondary N) is 1. The van der Waals surface area contributed by atoms with Crippen LogP contribution in [0.5, 0.6) is 0 Å². The molecule has 0 aliphatic carbocycles. The number of tetrazole rings is 1. The van der Waals surface area contributed by atoms with Crippen LogP contribution < -0.4 is 5.32 Å². The fourth-order valence-corrected chi connectivity index (χ4v) is 1.62. The Morgan fingerprint density at radius 3 is 2.84 bits per heavy atom. The van der Waals surface area contributed by atoms with Crippen molar-refractivity contribution in [2.75, 3.05) is 5.32 Å². The Kier molecular flexibility index (Phi) is 3.84. The largest absolute Gasteiger partial charge is 0.326 e. The molecule has 0 aliphatic rings. The summed E-state index contributed by atoms with van der Waals surface area (Å²) in [7, 11) is 0. The van der Waals surface area contributed by atoms with Crippen molar-refractivity contribution in [3.8, 4) is 5.69 Å². The van der Waals surface area contributed by atoms with E-state index in [4.69, 9.17) is 0 Å². The van der Waals surface area contributed by atoms with E-state index < -0.39 is 5.82 Å². The first-order chi connectivity index (χ1) is 9.06. The summed E-state index contributed by atoms with van der Waals surface area (Å²) in [6.07, 6.45) is 1.70. The molecule has 1 aromatic carbocycles. The summed E-state index contributed by atoms with van der Waals surface area (Å²) < 4.78 is 15.1. The smallest absolute Gasteiger partial charge is 0.224 e. The van der Waals surface area contributed by atoms with Gasteiger partial charge in [-0.15, -0.1) is 5.10 Å². The predicted molar refractivity (Wildman–Crippen MR) is 67.2 cm³/mol. The number of amides is 1. The van der Waals surface area contributed by atoms with Crippen molar-refractivity contribution in [3.05, 3.63) is 30.3 Å². The van der Waals surface area contributed by atoms with Crippen LogP contribution in [0.3, 0.4) is 0 Å². The molecule has 0 atom stereocenters. The lowest BCUT2D eigenvalue weighted by Gasteiger charge is -2.08. The molecule has 0 saturated carbocycles. The summed E-state index contributed by atoms with van der Waals surface area (Å²) in [5.41, 5.74) is 0.645.